The molecule has 0 saturated carbocycles. The maximum Gasteiger partial charge on any atom is 0.326 e. The second-order valence-electron chi connectivity index (χ2n) is 4.53. The highest BCUT2D eigenvalue weighted by atomic mass is 35.5. The molecule has 2 aromatic carbocycles. The van der Waals surface area contributed by atoms with Crippen LogP contribution >= 0.6 is 11.6 Å². The Hall–Kier alpha value is -2.20. The number of ether oxygens (including phenoxy) is 1. The number of methoxy groups -OCH3 is 1. The Kier molecular flexibility index (Phi) is 3.24. The smallest absolute Gasteiger partial charge is 0.326 e. The van der Waals surface area contributed by atoms with Gasteiger partial charge in [0.25, 0.3) is 0 Å². The Morgan fingerprint density at radius 1 is 1.20 bits per heavy atom. The Morgan fingerprint density at radius 3 is 2.65 bits per heavy atom. The number of hydrogen-bond donors (Lipinski definition) is 1. The fourth-order valence-electron chi connectivity index (χ4n) is 2.20. The van der Waals surface area contributed by atoms with Gasteiger partial charge in [0.2, 0.25) is 0 Å². The van der Waals surface area contributed by atoms with Crippen LogP contribution in [0, 0.1) is 0 Å². The van der Waals surface area contributed by atoms with Crippen LogP contribution in [0.1, 0.15) is 5.56 Å². The fourth-order valence-corrected chi connectivity index (χ4v) is 2.36. The summed E-state index contributed by atoms with van der Waals surface area (Å²) in [6.07, 6.45) is 0. The summed E-state index contributed by atoms with van der Waals surface area (Å²) >= 11 is 6.00. The highest BCUT2D eigenvalue weighted by Gasteiger charge is 2.07. The number of H-pyrrole nitrogens is 1. The minimum atomic E-state index is -0.141. The maximum atomic E-state index is 12.0. The van der Waals surface area contributed by atoms with Gasteiger partial charge in [-0.25, -0.2) is 4.79 Å². The second-order valence-corrected chi connectivity index (χ2v) is 4.96. The van der Waals surface area contributed by atoms with Gasteiger partial charge in [-0.15, -0.1) is 0 Å². The summed E-state index contributed by atoms with van der Waals surface area (Å²) < 4.78 is 6.79. The zero-order chi connectivity index (χ0) is 14.1. The molecule has 0 spiro atoms. The van der Waals surface area contributed by atoms with E-state index in [-0.39, 0.29) is 5.69 Å². The molecule has 0 aliphatic carbocycles. The highest BCUT2D eigenvalue weighted by molar-refractivity contribution is 6.31. The van der Waals surface area contributed by atoms with Crippen LogP contribution in [-0.2, 0) is 6.54 Å². The Balaban J connectivity index is 2.03. The quantitative estimate of drug-likeness (QED) is 0.805. The van der Waals surface area contributed by atoms with E-state index >= 15 is 0 Å². The maximum absolute atomic E-state index is 12.0. The van der Waals surface area contributed by atoms with Crippen molar-refractivity contribution in [1.82, 2.24) is 9.55 Å². The van der Waals surface area contributed by atoms with E-state index in [0.717, 1.165) is 22.3 Å². The van der Waals surface area contributed by atoms with Crippen LogP contribution in [-0.4, -0.2) is 16.7 Å². The second kappa shape index (κ2) is 5.06. The molecule has 102 valence electrons. The van der Waals surface area contributed by atoms with Crippen LogP contribution in [0.25, 0.3) is 11.0 Å². The molecular weight excluding hydrogens is 276 g/mol. The van der Waals surface area contributed by atoms with Gasteiger partial charge < -0.3 is 9.72 Å². The van der Waals surface area contributed by atoms with Crippen LogP contribution in [0.5, 0.6) is 5.75 Å². The van der Waals surface area contributed by atoms with Gasteiger partial charge in [0, 0.05) is 5.02 Å². The van der Waals surface area contributed by atoms with Crippen molar-refractivity contribution < 1.29 is 4.74 Å². The number of rotatable bonds is 3. The molecule has 0 atom stereocenters. The molecule has 0 bridgehead atoms. The lowest BCUT2D eigenvalue weighted by atomic mass is 10.2. The van der Waals surface area contributed by atoms with E-state index in [4.69, 9.17) is 16.3 Å². The van der Waals surface area contributed by atoms with E-state index in [1.54, 1.807) is 23.8 Å². The summed E-state index contributed by atoms with van der Waals surface area (Å²) in [5, 5.41) is 0.611. The van der Waals surface area contributed by atoms with E-state index in [2.05, 4.69) is 4.98 Å². The van der Waals surface area contributed by atoms with E-state index in [1.165, 1.54) is 0 Å². The van der Waals surface area contributed by atoms with Gasteiger partial charge in [-0.3, -0.25) is 4.57 Å². The Morgan fingerprint density at radius 2 is 1.95 bits per heavy atom. The van der Waals surface area contributed by atoms with Crippen molar-refractivity contribution >= 4 is 22.6 Å². The molecule has 3 aromatic rings. The zero-order valence-corrected chi connectivity index (χ0v) is 11.6. The van der Waals surface area contributed by atoms with Gasteiger partial charge in [0.1, 0.15) is 5.75 Å². The molecule has 1 aromatic heterocycles. The van der Waals surface area contributed by atoms with Crippen LogP contribution in [0.15, 0.2) is 47.3 Å². The molecule has 20 heavy (non-hydrogen) atoms. The molecule has 0 unspecified atom stereocenters. The molecule has 0 aliphatic heterocycles. The topological polar surface area (TPSA) is 47.0 Å². The molecule has 5 heteroatoms. The van der Waals surface area contributed by atoms with Gasteiger partial charge in [-0.2, -0.15) is 0 Å². The minimum Gasteiger partial charge on any atom is -0.497 e. The van der Waals surface area contributed by atoms with Gasteiger partial charge >= 0.3 is 5.69 Å². The lowest BCUT2D eigenvalue weighted by Crippen LogP contribution is -2.17. The number of nitrogens with one attached hydrogen (secondary N) is 1. The molecule has 0 aliphatic rings. The molecule has 3 rings (SSSR count). The summed E-state index contributed by atoms with van der Waals surface area (Å²) in [5.41, 5.74) is 2.47. The van der Waals surface area contributed by atoms with Crippen molar-refractivity contribution in [3.63, 3.8) is 0 Å². The van der Waals surface area contributed by atoms with Crippen molar-refractivity contribution in [2.45, 2.75) is 6.54 Å². The van der Waals surface area contributed by atoms with Crippen molar-refractivity contribution in [3.05, 3.63) is 63.5 Å². The first-order valence-corrected chi connectivity index (χ1v) is 6.56. The largest absolute Gasteiger partial charge is 0.497 e. The summed E-state index contributed by atoms with van der Waals surface area (Å²) in [4.78, 5) is 14.8. The predicted molar refractivity (Wildman–Crippen MR) is 79.7 cm³/mol. The van der Waals surface area contributed by atoms with Crippen molar-refractivity contribution in [3.8, 4) is 5.75 Å². The van der Waals surface area contributed by atoms with Crippen LogP contribution < -0.4 is 10.4 Å². The normalized spacial score (nSPS) is 10.9. The highest BCUT2D eigenvalue weighted by Crippen LogP contribution is 2.18. The zero-order valence-electron chi connectivity index (χ0n) is 10.9. The predicted octanol–water partition coefficient (Wildman–Crippen LogP) is 3.04. The summed E-state index contributed by atoms with van der Waals surface area (Å²) in [5.74, 6) is 0.795. The van der Waals surface area contributed by atoms with E-state index in [9.17, 15) is 4.79 Å². The summed E-state index contributed by atoms with van der Waals surface area (Å²) in [6, 6.07) is 13.0. The number of halogens is 1. The SMILES string of the molecule is COc1ccc(Cn2c(=O)[nH]c3ccc(Cl)cc32)cc1. The third-order valence-electron chi connectivity index (χ3n) is 3.24. The first kappa shape index (κ1) is 12.8. The fraction of sp³-hybridized carbons (Fsp3) is 0.133. The van der Waals surface area contributed by atoms with E-state index in [1.807, 2.05) is 30.3 Å². The van der Waals surface area contributed by atoms with Gasteiger partial charge in [-0.1, -0.05) is 23.7 Å². The van der Waals surface area contributed by atoms with E-state index in [0.29, 0.717) is 11.6 Å². The molecule has 0 amide bonds. The molecule has 0 fully saturated rings. The first-order valence-electron chi connectivity index (χ1n) is 6.18. The lowest BCUT2D eigenvalue weighted by molar-refractivity contribution is 0.414. The molecule has 0 saturated heterocycles. The van der Waals surface area contributed by atoms with Crippen molar-refractivity contribution in [2.75, 3.05) is 7.11 Å². The average molecular weight is 289 g/mol. The number of aromatic amines is 1. The van der Waals surface area contributed by atoms with Crippen molar-refractivity contribution in [2.24, 2.45) is 0 Å². The minimum absolute atomic E-state index is 0.141. The molecular formula is C15H13ClN2O2. The monoisotopic (exact) mass is 288 g/mol. The van der Waals surface area contributed by atoms with Crippen LogP contribution in [0.4, 0.5) is 0 Å². The molecule has 4 nitrogen and oxygen atoms in total. The summed E-state index contributed by atoms with van der Waals surface area (Å²) in [6.45, 7) is 0.489. The van der Waals surface area contributed by atoms with Gasteiger partial charge in [-0.05, 0) is 35.9 Å². The molecule has 1 heterocycles. The van der Waals surface area contributed by atoms with Gasteiger partial charge in [0.05, 0.1) is 24.7 Å². The number of imidazole rings is 1. The van der Waals surface area contributed by atoms with Crippen LogP contribution in [0.3, 0.4) is 0 Å². The summed E-state index contributed by atoms with van der Waals surface area (Å²) in [7, 11) is 1.63. The van der Waals surface area contributed by atoms with Crippen molar-refractivity contribution in [1.29, 1.82) is 0 Å². The third-order valence-corrected chi connectivity index (χ3v) is 3.47. The van der Waals surface area contributed by atoms with E-state index < -0.39 is 0 Å². The lowest BCUT2D eigenvalue weighted by Gasteiger charge is -2.05. The third kappa shape index (κ3) is 2.30. The number of hydrogen-bond acceptors (Lipinski definition) is 2. The Labute approximate surface area is 120 Å². The molecule has 0 radical (unpaired) electrons. The average Bonchev–Trinajstić information content (AvgIpc) is 2.76. The van der Waals surface area contributed by atoms with Crippen LogP contribution in [0.2, 0.25) is 5.02 Å². The number of benzene rings is 2. The number of aromatic nitrogens is 2. The number of fused-ring (bicyclic) bond motifs is 1. The number of nitrogens with zero attached hydrogens (tertiary/aromatic N) is 1. The van der Waals surface area contributed by atoms with Gasteiger partial charge in [0.15, 0.2) is 0 Å². The Bertz CT molecular complexity index is 803. The standard InChI is InChI=1S/C15H13ClN2O2/c1-20-12-5-2-10(3-6-12)9-18-14-8-11(16)4-7-13(14)17-15(18)19/h2-8H,9H2,1H3,(H,17,19). The first-order chi connectivity index (χ1) is 9.67. The molecule has 1 N–H and O–H groups in total.